The van der Waals surface area contributed by atoms with E-state index in [0.717, 1.165) is 18.8 Å². The van der Waals surface area contributed by atoms with E-state index in [9.17, 15) is 14.7 Å². The number of amidine groups is 1. The predicted octanol–water partition coefficient (Wildman–Crippen LogP) is 2.38. The monoisotopic (exact) mass is 552 g/mol. The number of fused-ring (bicyclic) bond motifs is 1. The van der Waals surface area contributed by atoms with E-state index >= 15 is 0 Å². The molecule has 3 aromatic rings. The number of nitrogens with one attached hydrogen (secondary N) is 1. The molecule has 1 aromatic carbocycles. The number of likely N-dealkylation sites (N-methyl/N-ethyl adjacent to an activating group) is 1. The molecule has 196 valence electrons. The molecule has 0 saturated heterocycles. The van der Waals surface area contributed by atoms with E-state index in [1.807, 2.05) is 18.1 Å². The number of thioether (sulfide) groups is 1. The first kappa shape index (κ1) is 25.6. The summed E-state index contributed by atoms with van der Waals surface area (Å²) in [4.78, 5) is 39.1. The predicted molar refractivity (Wildman–Crippen MR) is 148 cm³/mol. The minimum absolute atomic E-state index is 0.219. The molecule has 38 heavy (non-hydrogen) atoms. The second-order valence-electron chi connectivity index (χ2n) is 8.73. The van der Waals surface area contributed by atoms with E-state index in [-0.39, 0.29) is 16.4 Å². The number of nitrogens with zero attached hydrogens (tertiary/aromatic N) is 5. The van der Waals surface area contributed by atoms with Crippen LogP contribution in [0.5, 0.6) is 5.88 Å². The number of benzene rings is 1. The maximum atomic E-state index is 13.0. The molecule has 0 spiro atoms. The molecular weight excluding hydrogens is 528 g/mol. The number of aliphatic imine (C=N–C) groups is 1. The van der Waals surface area contributed by atoms with Crippen molar-refractivity contribution in [2.75, 3.05) is 32.0 Å². The number of hydrogen-bond donors (Lipinski definition) is 4. The van der Waals surface area contributed by atoms with Gasteiger partial charge in [0.1, 0.15) is 16.5 Å². The van der Waals surface area contributed by atoms with E-state index in [1.54, 1.807) is 36.4 Å². The van der Waals surface area contributed by atoms with Crippen molar-refractivity contribution in [2.24, 2.45) is 16.5 Å². The highest BCUT2D eigenvalue weighted by Gasteiger charge is 2.26. The van der Waals surface area contributed by atoms with Gasteiger partial charge in [0.05, 0.1) is 17.3 Å². The van der Waals surface area contributed by atoms with Gasteiger partial charge in [0.15, 0.2) is 11.4 Å². The van der Waals surface area contributed by atoms with E-state index in [4.69, 9.17) is 23.1 Å². The first-order chi connectivity index (χ1) is 18.3. The number of rotatable bonds is 5. The van der Waals surface area contributed by atoms with Gasteiger partial charge in [0.25, 0.3) is 11.5 Å². The molecule has 0 unspecified atom stereocenters. The Morgan fingerprint density at radius 1 is 1.26 bits per heavy atom. The van der Waals surface area contributed by atoms with Crippen molar-refractivity contribution in [3.05, 3.63) is 86.2 Å². The third kappa shape index (κ3) is 4.80. The number of amides is 1. The van der Waals surface area contributed by atoms with Crippen LogP contribution < -0.4 is 22.3 Å². The van der Waals surface area contributed by atoms with Gasteiger partial charge < -0.3 is 31.7 Å². The molecule has 0 bridgehead atoms. The standard InChI is InChI=1S/C25H25ClN8O3S/c1-32-13-18(33-10-8-14(11-27)12-33)30-21(28)25(32)38-16-6-4-5-15(20(16)26)29-22(35)19-23(36)31-17-7-2-3-9-34(17)24(19)37/h2-7,9,12,36H,8,10-11,13,27-28H2,1H3,(H,29,35). The first-order valence-electron chi connectivity index (χ1n) is 11.7. The molecule has 0 atom stereocenters. The summed E-state index contributed by atoms with van der Waals surface area (Å²) in [6.07, 6.45) is 4.39. The van der Waals surface area contributed by atoms with Crippen molar-refractivity contribution < 1.29 is 9.90 Å². The molecular formula is C25H25ClN8O3S. The normalized spacial score (nSPS) is 15.7. The summed E-state index contributed by atoms with van der Waals surface area (Å²) in [5.41, 5.74) is 12.6. The Balaban J connectivity index is 1.39. The van der Waals surface area contributed by atoms with E-state index in [2.05, 4.69) is 20.2 Å². The molecule has 5 rings (SSSR count). The Labute approximate surface area is 227 Å². The summed E-state index contributed by atoms with van der Waals surface area (Å²) in [5.74, 6) is -0.318. The fraction of sp³-hybridized carbons (Fsp3) is 0.200. The zero-order valence-corrected chi connectivity index (χ0v) is 22.0. The van der Waals surface area contributed by atoms with Gasteiger partial charge in [-0.15, -0.1) is 0 Å². The number of aromatic nitrogens is 2. The number of halogens is 1. The Morgan fingerprint density at radius 2 is 2.08 bits per heavy atom. The smallest absolute Gasteiger partial charge is 0.274 e. The average molecular weight is 553 g/mol. The van der Waals surface area contributed by atoms with Crippen LogP contribution in [0.1, 0.15) is 16.8 Å². The zero-order chi connectivity index (χ0) is 27.0. The molecule has 0 saturated carbocycles. The van der Waals surface area contributed by atoms with Gasteiger partial charge in [-0.05, 0) is 36.3 Å². The van der Waals surface area contributed by atoms with Crippen LogP contribution >= 0.6 is 23.4 Å². The van der Waals surface area contributed by atoms with Crippen LogP contribution in [0.4, 0.5) is 5.69 Å². The summed E-state index contributed by atoms with van der Waals surface area (Å²) in [6, 6.07) is 9.95. The molecule has 1 amide bonds. The first-order valence-corrected chi connectivity index (χ1v) is 12.9. The lowest BCUT2D eigenvalue weighted by atomic mass is 10.2. The van der Waals surface area contributed by atoms with Gasteiger partial charge in [-0.1, -0.05) is 35.5 Å². The third-order valence-electron chi connectivity index (χ3n) is 6.16. The van der Waals surface area contributed by atoms with Crippen molar-refractivity contribution in [2.45, 2.75) is 11.3 Å². The van der Waals surface area contributed by atoms with Crippen molar-refractivity contribution in [1.82, 2.24) is 19.2 Å². The maximum Gasteiger partial charge on any atom is 0.274 e. The quantitative estimate of drug-likeness (QED) is 0.373. The highest BCUT2D eigenvalue weighted by atomic mass is 35.5. The summed E-state index contributed by atoms with van der Waals surface area (Å²) >= 11 is 7.96. The van der Waals surface area contributed by atoms with Crippen LogP contribution in [0.25, 0.3) is 5.65 Å². The zero-order valence-electron chi connectivity index (χ0n) is 20.4. The summed E-state index contributed by atoms with van der Waals surface area (Å²) in [6.45, 7) is 1.88. The van der Waals surface area contributed by atoms with Crippen LogP contribution in [-0.2, 0) is 0 Å². The van der Waals surface area contributed by atoms with Crippen LogP contribution in [0, 0.1) is 0 Å². The lowest BCUT2D eigenvalue weighted by molar-refractivity contribution is 0.102. The lowest BCUT2D eigenvalue weighted by Crippen LogP contribution is -2.38. The largest absolute Gasteiger partial charge is 0.493 e. The highest BCUT2D eigenvalue weighted by molar-refractivity contribution is 8.03. The van der Waals surface area contributed by atoms with Gasteiger partial charge in [0.2, 0.25) is 5.88 Å². The number of carbonyl (C=O) groups excluding carboxylic acids is 1. The van der Waals surface area contributed by atoms with Crippen LogP contribution in [0.2, 0.25) is 5.02 Å². The Hall–Kier alpha value is -4.00. The summed E-state index contributed by atoms with van der Waals surface area (Å²) < 4.78 is 1.18. The van der Waals surface area contributed by atoms with E-state index in [1.165, 1.54) is 27.9 Å². The Kier molecular flexibility index (Phi) is 7.02. The summed E-state index contributed by atoms with van der Waals surface area (Å²) in [7, 11) is 1.91. The van der Waals surface area contributed by atoms with Crippen molar-refractivity contribution in [3.8, 4) is 5.88 Å². The number of pyridine rings is 1. The van der Waals surface area contributed by atoms with E-state index in [0.29, 0.717) is 28.8 Å². The molecule has 0 fully saturated rings. The fourth-order valence-electron chi connectivity index (χ4n) is 4.21. The molecule has 4 heterocycles. The maximum absolute atomic E-state index is 13.0. The Bertz CT molecular complexity index is 1600. The SMILES string of the molecule is CN1CC(N2C=C(CN)CC2)=NC(N)=C1Sc1cccc(NC(=O)c2c(O)nc3ccccn3c2=O)c1Cl. The molecule has 2 aromatic heterocycles. The van der Waals surface area contributed by atoms with Crippen LogP contribution in [0.3, 0.4) is 0 Å². The molecule has 0 radical (unpaired) electrons. The Morgan fingerprint density at radius 3 is 2.82 bits per heavy atom. The second kappa shape index (κ2) is 10.4. The van der Waals surface area contributed by atoms with Crippen molar-refractivity contribution >= 4 is 46.4 Å². The topological polar surface area (TPSA) is 155 Å². The van der Waals surface area contributed by atoms with Crippen molar-refractivity contribution in [3.63, 3.8) is 0 Å². The van der Waals surface area contributed by atoms with Gasteiger partial charge in [0, 0.05) is 37.4 Å². The number of carbonyl (C=O) groups is 1. The van der Waals surface area contributed by atoms with Gasteiger partial charge in [-0.2, -0.15) is 4.98 Å². The van der Waals surface area contributed by atoms with Gasteiger partial charge >= 0.3 is 0 Å². The average Bonchev–Trinajstić information content (AvgIpc) is 3.38. The van der Waals surface area contributed by atoms with Crippen LogP contribution in [0.15, 0.2) is 79.9 Å². The molecule has 13 heteroatoms. The number of nitrogens with two attached hydrogens (primary N) is 2. The molecule has 0 aliphatic carbocycles. The lowest BCUT2D eigenvalue weighted by Gasteiger charge is -2.31. The number of hydrogen-bond acceptors (Lipinski definition) is 10. The van der Waals surface area contributed by atoms with Crippen molar-refractivity contribution in [1.29, 1.82) is 0 Å². The molecule has 2 aliphatic rings. The number of aromatic hydroxyl groups is 1. The second-order valence-corrected chi connectivity index (χ2v) is 10.1. The van der Waals surface area contributed by atoms with Gasteiger partial charge in [-0.25, -0.2) is 4.99 Å². The number of anilines is 1. The molecule has 11 nitrogen and oxygen atoms in total. The molecule has 6 N–H and O–H groups in total. The summed E-state index contributed by atoms with van der Waals surface area (Å²) in [5, 5.41) is 13.9. The minimum Gasteiger partial charge on any atom is -0.493 e. The molecule has 2 aliphatic heterocycles. The third-order valence-corrected chi connectivity index (χ3v) is 7.95. The fourth-order valence-corrected chi connectivity index (χ4v) is 5.42. The van der Waals surface area contributed by atoms with Crippen LogP contribution in [-0.4, -0.2) is 62.7 Å². The van der Waals surface area contributed by atoms with Gasteiger partial charge in [-0.3, -0.25) is 14.0 Å². The highest BCUT2D eigenvalue weighted by Crippen LogP contribution is 2.39. The minimum atomic E-state index is -0.833. The van der Waals surface area contributed by atoms with E-state index < -0.39 is 22.9 Å².